The minimum Gasteiger partial charge on any atom is -0.350 e. The number of rotatable bonds is 2. The number of carbonyl (C=O) groups excluding carboxylic acids is 1. The van der Waals surface area contributed by atoms with E-state index in [1.54, 1.807) is 6.92 Å². The first-order chi connectivity index (χ1) is 6.80. The lowest BCUT2D eigenvalue weighted by Crippen LogP contribution is -2.43. The van der Waals surface area contributed by atoms with Crippen molar-refractivity contribution < 1.29 is 4.79 Å². The van der Waals surface area contributed by atoms with Crippen LogP contribution in [0.4, 0.5) is 0 Å². The lowest BCUT2D eigenvalue weighted by molar-refractivity contribution is -0.118. The van der Waals surface area contributed by atoms with Gasteiger partial charge >= 0.3 is 0 Å². The molecule has 0 saturated heterocycles. The summed E-state index contributed by atoms with van der Waals surface area (Å²) >= 11 is 0. The Kier molecular flexibility index (Phi) is 3.58. The molecule has 1 aliphatic rings. The molecular weight excluding hydrogens is 186 g/mol. The molecule has 0 aromatic heterocycles. The van der Waals surface area contributed by atoms with Crippen molar-refractivity contribution in [3.63, 3.8) is 0 Å². The van der Waals surface area contributed by atoms with E-state index in [9.17, 15) is 4.79 Å². The summed E-state index contributed by atoms with van der Waals surface area (Å²) in [6.07, 6.45) is 3.44. The van der Waals surface area contributed by atoms with Gasteiger partial charge in [0.2, 0.25) is 5.91 Å². The highest BCUT2D eigenvalue weighted by atomic mass is 16.1. The molecule has 1 rings (SSSR count). The average Bonchev–Trinajstić information content (AvgIpc) is 1.99. The summed E-state index contributed by atoms with van der Waals surface area (Å²) in [5.41, 5.74) is 0.955. The highest BCUT2D eigenvalue weighted by Crippen LogP contribution is 2.38. The van der Waals surface area contributed by atoms with Crippen molar-refractivity contribution in [3.8, 4) is 0 Å². The van der Waals surface area contributed by atoms with Crippen LogP contribution >= 0.6 is 0 Å². The third kappa shape index (κ3) is 3.69. The standard InChI is InChI=1S/C13H23NO/c1-9(2)12(15)14-11-6-10(3)7-13(4,5)8-11/h10-11H,1,6-8H2,2-5H3,(H,14,15). The van der Waals surface area contributed by atoms with Gasteiger partial charge in [0.05, 0.1) is 0 Å². The van der Waals surface area contributed by atoms with Gasteiger partial charge in [0.15, 0.2) is 0 Å². The van der Waals surface area contributed by atoms with Gasteiger partial charge in [0.1, 0.15) is 0 Å². The summed E-state index contributed by atoms with van der Waals surface area (Å²) < 4.78 is 0. The number of nitrogens with one attached hydrogen (secondary N) is 1. The van der Waals surface area contributed by atoms with Crippen molar-refractivity contribution in [2.75, 3.05) is 0 Å². The average molecular weight is 209 g/mol. The molecule has 2 heteroatoms. The summed E-state index contributed by atoms with van der Waals surface area (Å²) in [5, 5.41) is 3.07. The summed E-state index contributed by atoms with van der Waals surface area (Å²) in [4.78, 5) is 11.5. The first kappa shape index (κ1) is 12.3. The summed E-state index contributed by atoms with van der Waals surface area (Å²) in [7, 11) is 0. The van der Waals surface area contributed by atoms with Gasteiger partial charge in [-0.3, -0.25) is 4.79 Å². The molecular formula is C13H23NO. The monoisotopic (exact) mass is 209 g/mol. The van der Waals surface area contributed by atoms with Gasteiger partial charge in [-0.2, -0.15) is 0 Å². The van der Waals surface area contributed by atoms with E-state index in [1.165, 1.54) is 6.42 Å². The van der Waals surface area contributed by atoms with Crippen LogP contribution in [0.3, 0.4) is 0 Å². The van der Waals surface area contributed by atoms with E-state index in [0.717, 1.165) is 12.8 Å². The molecule has 1 saturated carbocycles. The van der Waals surface area contributed by atoms with E-state index in [1.807, 2.05) is 0 Å². The Morgan fingerprint density at radius 1 is 1.40 bits per heavy atom. The van der Waals surface area contributed by atoms with E-state index < -0.39 is 0 Å². The van der Waals surface area contributed by atoms with Crippen LogP contribution in [0.1, 0.15) is 47.0 Å². The molecule has 0 radical (unpaired) electrons. The van der Waals surface area contributed by atoms with Crippen LogP contribution in [0, 0.1) is 11.3 Å². The van der Waals surface area contributed by atoms with Crippen LogP contribution in [-0.2, 0) is 4.79 Å². The zero-order valence-corrected chi connectivity index (χ0v) is 10.4. The maximum atomic E-state index is 11.5. The predicted molar refractivity (Wildman–Crippen MR) is 63.5 cm³/mol. The highest BCUT2D eigenvalue weighted by Gasteiger charge is 2.32. The Bertz CT molecular complexity index is 268. The second-order valence-electron chi connectivity index (χ2n) is 5.86. The summed E-state index contributed by atoms with van der Waals surface area (Å²) in [5.74, 6) is 0.703. The van der Waals surface area contributed by atoms with Gasteiger partial charge in [0, 0.05) is 11.6 Å². The Hall–Kier alpha value is -0.790. The molecule has 1 aliphatic carbocycles. The first-order valence-electron chi connectivity index (χ1n) is 5.76. The Balaban J connectivity index is 2.56. The van der Waals surface area contributed by atoms with Crippen molar-refractivity contribution in [1.29, 1.82) is 0 Å². The summed E-state index contributed by atoms with van der Waals surface area (Å²) in [6, 6.07) is 0.327. The van der Waals surface area contributed by atoms with Crippen molar-refractivity contribution >= 4 is 5.91 Å². The second kappa shape index (κ2) is 4.38. The SMILES string of the molecule is C=C(C)C(=O)NC1CC(C)CC(C)(C)C1. The minimum atomic E-state index is 0.00454. The van der Waals surface area contributed by atoms with Crippen molar-refractivity contribution in [2.45, 2.75) is 53.0 Å². The second-order valence-corrected chi connectivity index (χ2v) is 5.86. The lowest BCUT2D eigenvalue weighted by Gasteiger charge is -2.39. The fourth-order valence-corrected chi connectivity index (χ4v) is 2.76. The van der Waals surface area contributed by atoms with Crippen molar-refractivity contribution in [3.05, 3.63) is 12.2 Å². The zero-order chi connectivity index (χ0) is 11.6. The summed E-state index contributed by atoms with van der Waals surface area (Å²) in [6.45, 7) is 12.2. The van der Waals surface area contributed by atoms with Crippen molar-refractivity contribution in [1.82, 2.24) is 5.32 Å². The Morgan fingerprint density at radius 3 is 2.47 bits per heavy atom. The molecule has 0 heterocycles. The molecule has 1 N–H and O–H groups in total. The van der Waals surface area contributed by atoms with Crippen LogP contribution in [0.5, 0.6) is 0 Å². The molecule has 15 heavy (non-hydrogen) atoms. The molecule has 0 aromatic rings. The number of hydrogen-bond donors (Lipinski definition) is 1. The first-order valence-corrected chi connectivity index (χ1v) is 5.76. The number of amides is 1. The largest absolute Gasteiger partial charge is 0.350 e. The number of carbonyl (C=O) groups is 1. The highest BCUT2D eigenvalue weighted by molar-refractivity contribution is 5.92. The molecule has 2 atom stereocenters. The Labute approximate surface area is 93.1 Å². The van der Waals surface area contributed by atoms with Crippen LogP contribution in [0.15, 0.2) is 12.2 Å². The maximum Gasteiger partial charge on any atom is 0.246 e. The van der Waals surface area contributed by atoms with E-state index in [4.69, 9.17) is 0 Å². The Morgan fingerprint density at radius 2 is 2.00 bits per heavy atom. The lowest BCUT2D eigenvalue weighted by atomic mass is 9.70. The van der Waals surface area contributed by atoms with Crippen LogP contribution in [0.25, 0.3) is 0 Å². The van der Waals surface area contributed by atoms with Gasteiger partial charge in [-0.25, -0.2) is 0 Å². The van der Waals surface area contributed by atoms with Gasteiger partial charge in [-0.1, -0.05) is 27.4 Å². The van der Waals surface area contributed by atoms with Gasteiger partial charge in [-0.15, -0.1) is 0 Å². The van der Waals surface area contributed by atoms with Gasteiger partial charge < -0.3 is 5.32 Å². The van der Waals surface area contributed by atoms with Crippen LogP contribution in [-0.4, -0.2) is 11.9 Å². The van der Waals surface area contributed by atoms with E-state index in [0.29, 0.717) is 22.9 Å². The molecule has 2 nitrogen and oxygen atoms in total. The minimum absolute atomic E-state index is 0.00454. The molecule has 0 aliphatic heterocycles. The molecule has 0 spiro atoms. The molecule has 1 amide bonds. The van der Waals surface area contributed by atoms with Gasteiger partial charge in [-0.05, 0) is 37.5 Å². The fraction of sp³-hybridized carbons (Fsp3) is 0.769. The molecule has 0 aromatic carbocycles. The van der Waals surface area contributed by atoms with Crippen LogP contribution < -0.4 is 5.32 Å². The predicted octanol–water partition coefficient (Wildman–Crippen LogP) is 2.89. The zero-order valence-electron chi connectivity index (χ0n) is 10.4. The molecule has 0 bridgehead atoms. The third-order valence-corrected chi connectivity index (χ3v) is 3.11. The molecule has 86 valence electrons. The topological polar surface area (TPSA) is 29.1 Å². The molecule has 2 unspecified atom stereocenters. The molecule has 1 fully saturated rings. The van der Waals surface area contributed by atoms with E-state index in [-0.39, 0.29) is 5.91 Å². The van der Waals surface area contributed by atoms with Gasteiger partial charge in [0.25, 0.3) is 0 Å². The maximum absolute atomic E-state index is 11.5. The normalized spacial score (nSPS) is 29.6. The van der Waals surface area contributed by atoms with E-state index in [2.05, 4.69) is 32.7 Å². The van der Waals surface area contributed by atoms with Crippen molar-refractivity contribution in [2.24, 2.45) is 11.3 Å². The van der Waals surface area contributed by atoms with Crippen LogP contribution in [0.2, 0.25) is 0 Å². The van der Waals surface area contributed by atoms with E-state index >= 15 is 0 Å². The smallest absolute Gasteiger partial charge is 0.246 e. The third-order valence-electron chi connectivity index (χ3n) is 3.11. The number of hydrogen-bond acceptors (Lipinski definition) is 1. The quantitative estimate of drug-likeness (QED) is 0.696. The fourth-order valence-electron chi connectivity index (χ4n) is 2.76.